The third-order valence-electron chi connectivity index (χ3n) is 3.70. The summed E-state index contributed by atoms with van der Waals surface area (Å²) in [7, 11) is 0. The van der Waals surface area contributed by atoms with Crippen LogP contribution in [-0.4, -0.2) is 26.3 Å². The molecule has 0 radical (unpaired) electrons. The molecule has 1 aromatic heterocycles. The Labute approximate surface area is 161 Å². The van der Waals surface area contributed by atoms with E-state index in [0.29, 0.717) is 35.3 Å². The van der Waals surface area contributed by atoms with Gasteiger partial charge in [0.25, 0.3) is 0 Å². The van der Waals surface area contributed by atoms with Crippen molar-refractivity contribution in [1.29, 1.82) is 0 Å². The topological polar surface area (TPSA) is 88.1 Å². The number of H-pyrrole nitrogens is 1. The van der Waals surface area contributed by atoms with Gasteiger partial charge in [-0.2, -0.15) is 0 Å². The predicted molar refractivity (Wildman–Crippen MR) is 104 cm³/mol. The van der Waals surface area contributed by atoms with Crippen molar-refractivity contribution >= 4 is 23.8 Å². The second-order valence-electron chi connectivity index (χ2n) is 5.65. The summed E-state index contributed by atoms with van der Waals surface area (Å²) in [6.07, 6.45) is 2.28. The molecule has 0 bridgehead atoms. The minimum absolute atomic E-state index is 0.118. The molecule has 2 aromatic carbocycles. The van der Waals surface area contributed by atoms with Gasteiger partial charge in [0.05, 0.1) is 0 Å². The Morgan fingerprint density at radius 2 is 1.93 bits per heavy atom. The number of nitrogens with one attached hydrogen (secondary N) is 1. The Balaban J connectivity index is 1.81. The SMILES string of the molecule is CCc1nc(S/C(=C\c2ccccc2OCc2ccccc2)C(=O)O)n[nH]1. The smallest absolute Gasteiger partial charge is 0.342 e. The number of aromatic nitrogens is 3. The molecule has 6 nitrogen and oxygen atoms in total. The van der Waals surface area contributed by atoms with Crippen molar-refractivity contribution in [2.75, 3.05) is 0 Å². The van der Waals surface area contributed by atoms with Crippen molar-refractivity contribution < 1.29 is 14.6 Å². The molecule has 0 aliphatic rings. The van der Waals surface area contributed by atoms with E-state index in [1.54, 1.807) is 6.08 Å². The zero-order chi connectivity index (χ0) is 19.1. The van der Waals surface area contributed by atoms with Gasteiger partial charge < -0.3 is 9.84 Å². The molecule has 7 heteroatoms. The van der Waals surface area contributed by atoms with E-state index < -0.39 is 5.97 Å². The van der Waals surface area contributed by atoms with E-state index in [-0.39, 0.29) is 4.91 Å². The average Bonchev–Trinajstić information content (AvgIpc) is 3.15. The van der Waals surface area contributed by atoms with Crippen LogP contribution in [0.5, 0.6) is 5.75 Å². The zero-order valence-electron chi connectivity index (χ0n) is 14.8. The second-order valence-corrected chi connectivity index (χ2v) is 6.66. The summed E-state index contributed by atoms with van der Waals surface area (Å²) in [6.45, 7) is 2.35. The first-order valence-corrected chi connectivity index (χ1v) is 9.27. The Morgan fingerprint density at radius 1 is 1.19 bits per heavy atom. The summed E-state index contributed by atoms with van der Waals surface area (Å²) in [5.74, 6) is 0.291. The molecule has 2 N–H and O–H groups in total. The molecule has 27 heavy (non-hydrogen) atoms. The van der Waals surface area contributed by atoms with Crippen LogP contribution in [0, 0.1) is 0 Å². The van der Waals surface area contributed by atoms with Crippen LogP contribution in [0.15, 0.2) is 64.7 Å². The van der Waals surface area contributed by atoms with Gasteiger partial charge in [0.15, 0.2) is 0 Å². The molecule has 3 rings (SSSR count). The normalized spacial score (nSPS) is 11.4. The number of carbonyl (C=O) groups is 1. The Kier molecular flexibility index (Phi) is 6.27. The molecular formula is C20H19N3O3S. The third kappa shape index (κ3) is 5.21. The van der Waals surface area contributed by atoms with E-state index in [9.17, 15) is 9.90 Å². The van der Waals surface area contributed by atoms with Gasteiger partial charge in [-0.15, -0.1) is 5.10 Å². The van der Waals surface area contributed by atoms with E-state index in [2.05, 4.69) is 15.2 Å². The lowest BCUT2D eigenvalue weighted by atomic mass is 10.2. The highest BCUT2D eigenvalue weighted by Crippen LogP contribution is 2.29. The molecule has 0 spiro atoms. The van der Waals surface area contributed by atoms with E-state index in [1.165, 1.54) is 0 Å². The first kappa shape index (κ1) is 18.7. The molecule has 0 saturated heterocycles. The minimum atomic E-state index is -1.04. The highest BCUT2D eigenvalue weighted by molar-refractivity contribution is 8.04. The summed E-state index contributed by atoms with van der Waals surface area (Å²) >= 11 is 1.00. The van der Waals surface area contributed by atoms with Gasteiger partial charge >= 0.3 is 5.97 Å². The van der Waals surface area contributed by atoms with Gasteiger partial charge in [0.1, 0.15) is 23.1 Å². The number of carboxylic acids is 1. The maximum Gasteiger partial charge on any atom is 0.342 e. The van der Waals surface area contributed by atoms with Crippen LogP contribution >= 0.6 is 11.8 Å². The van der Waals surface area contributed by atoms with Gasteiger partial charge in [-0.3, -0.25) is 5.10 Å². The molecule has 3 aromatic rings. The molecule has 1 heterocycles. The van der Waals surface area contributed by atoms with Crippen LogP contribution in [0.4, 0.5) is 0 Å². The highest BCUT2D eigenvalue weighted by Gasteiger charge is 2.14. The van der Waals surface area contributed by atoms with Crippen molar-refractivity contribution in [1.82, 2.24) is 15.2 Å². The number of carboxylic acid groups (broad SMARTS) is 1. The van der Waals surface area contributed by atoms with Crippen LogP contribution in [0.1, 0.15) is 23.9 Å². The Morgan fingerprint density at radius 3 is 2.63 bits per heavy atom. The lowest BCUT2D eigenvalue weighted by Gasteiger charge is -2.10. The van der Waals surface area contributed by atoms with Gasteiger partial charge in [0, 0.05) is 12.0 Å². The maximum atomic E-state index is 11.7. The first-order chi connectivity index (χ1) is 13.2. The minimum Gasteiger partial charge on any atom is -0.488 e. The van der Waals surface area contributed by atoms with Crippen LogP contribution in [0.2, 0.25) is 0 Å². The number of aromatic amines is 1. The van der Waals surface area contributed by atoms with Gasteiger partial charge in [-0.1, -0.05) is 55.5 Å². The number of hydrogen-bond acceptors (Lipinski definition) is 5. The molecule has 0 aliphatic carbocycles. The molecule has 138 valence electrons. The molecular weight excluding hydrogens is 362 g/mol. The predicted octanol–water partition coefficient (Wildman–Crippen LogP) is 4.16. The fourth-order valence-electron chi connectivity index (χ4n) is 2.32. The molecule has 0 amide bonds. The number of thioether (sulfide) groups is 1. The van der Waals surface area contributed by atoms with Crippen LogP contribution < -0.4 is 4.74 Å². The maximum absolute atomic E-state index is 11.7. The fraction of sp³-hybridized carbons (Fsp3) is 0.150. The fourth-order valence-corrected chi connectivity index (χ4v) is 3.04. The number of hydrogen-bond donors (Lipinski definition) is 2. The van der Waals surface area contributed by atoms with Crippen molar-refractivity contribution in [3.63, 3.8) is 0 Å². The standard InChI is InChI=1S/C20H19N3O3S/c1-2-18-21-20(23-22-18)27-17(19(24)25)12-15-10-6-7-11-16(15)26-13-14-8-4-3-5-9-14/h3-12H,2,13H2,1H3,(H,24,25)(H,21,22,23)/b17-12-. The summed E-state index contributed by atoms with van der Waals surface area (Å²) in [5.41, 5.74) is 1.72. The van der Waals surface area contributed by atoms with Crippen LogP contribution in [-0.2, 0) is 17.8 Å². The summed E-state index contributed by atoms with van der Waals surface area (Å²) in [4.78, 5) is 16.0. The van der Waals surface area contributed by atoms with Gasteiger partial charge in [-0.05, 0) is 29.5 Å². The average molecular weight is 381 g/mol. The van der Waals surface area contributed by atoms with Crippen molar-refractivity contribution in [2.45, 2.75) is 25.1 Å². The van der Waals surface area contributed by atoms with Crippen molar-refractivity contribution in [3.05, 3.63) is 76.5 Å². The summed E-state index contributed by atoms with van der Waals surface area (Å²) in [6, 6.07) is 17.1. The molecule has 0 fully saturated rings. The van der Waals surface area contributed by atoms with Crippen LogP contribution in [0.25, 0.3) is 6.08 Å². The molecule has 0 aliphatic heterocycles. The van der Waals surface area contributed by atoms with Crippen molar-refractivity contribution in [3.8, 4) is 5.75 Å². The molecule has 0 saturated carbocycles. The van der Waals surface area contributed by atoms with E-state index in [1.807, 2.05) is 61.5 Å². The number of para-hydroxylation sites is 1. The van der Waals surface area contributed by atoms with E-state index >= 15 is 0 Å². The summed E-state index contributed by atoms with van der Waals surface area (Å²) < 4.78 is 5.89. The number of ether oxygens (including phenoxy) is 1. The van der Waals surface area contributed by atoms with Crippen LogP contribution in [0.3, 0.4) is 0 Å². The zero-order valence-corrected chi connectivity index (χ0v) is 15.6. The van der Waals surface area contributed by atoms with E-state index in [4.69, 9.17) is 4.74 Å². The summed E-state index contributed by atoms with van der Waals surface area (Å²) in [5, 5.41) is 16.8. The number of benzene rings is 2. The molecule has 0 unspecified atom stereocenters. The highest BCUT2D eigenvalue weighted by atomic mass is 32.2. The number of aryl methyl sites for hydroxylation is 1. The largest absolute Gasteiger partial charge is 0.488 e. The Bertz CT molecular complexity index is 938. The third-order valence-corrected chi connectivity index (χ3v) is 4.58. The Hall–Kier alpha value is -3.06. The lowest BCUT2D eigenvalue weighted by Crippen LogP contribution is -1.99. The quantitative estimate of drug-likeness (QED) is 0.450. The van der Waals surface area contributed by atoms with Gasteiger partial charge in [0.2, 0.25) is 5.16 Å². The lowest BCUT2D eigenvalue weighted by molar-refractivity contribution is -0.131. The monoisotopic (exact) mass is 381 g/mol. The number of aliphatic carboxylic acids is 1. The number of nitrogens with zero attached hydrogens (tertiary/aromatic N) is 2. The molecule has 0 atom stereocenters. The van der Waals surface area contributed by atoms with Crippen molar-refractivity contribution in [2.24, 2.45) is 0 Å². The number of rotatable bonds is 8. The first-order valence-electron chi connectivity index (χ1n) is 8.45. The second kappa shape index (κ2) is 9.05. The van der Waals surface area contributed by atoms with E-state index in [0.717, 1.165) is 17.3 Å². The van der Waals surface area contributed by atoms with Gasteiger partial charge in [-0.25, -0.2) is 9.78 Å².